The lowest BCUT2D eigenvalue weighted by molar-refractivity contribution is 0.321. The van der Waals surface area contributed by atoms with Gasteiger partial charge in [0.05, 0.1) is 12.3 Å². The molecule has 0 aliphatic carbocycles. The molecule has 2 rings (SSSR count). The molecule has 18 heavy (non-hydrogen) atoms. The largest absolute Gasteiger partial charge is 0.491 e. The van der Waals surface area contributed by atoms with Crippen molar-refractivity contribution in [3.05, 3.63) is 24.3 Å². The minimum atomic E-state index is 0.514. The van der Waals surface area contributed by atoms with Gasteiger partial charge in [-0.2, -0.15) is 0 Å². The van der Waals surface area contributed by atoms with Crippen LogP contribution in [0.4, 0.5) is 5.69 Å². The number of rotatable bonds is 4. The molecule has 0 radical (unpaired) electrons. The Kier molecular flexibility index (Phi) is 4.48. The van der Waals surface area contributed by atoms with Gasteiger partial charge in [0.2, 0.25) is 0 Å². The standard InChI is InChI=1S/C15H24N2O/c1-12(11-16-3)13(2)17-9-6-10-18-15-8-5-4-7-14(15)17/h4-5,7-8,12-13,16H,6,9-11H2,1-3H3. The van der Waals surface area contributed by atoms with Crippen molar-refractivity contribution in [2.45, 2.75) is 26.3 Å². The minimum Gasteiger partial charge on any atom is -0.491 e. The molecular weight excluding hydrogens is 224 g/mol. The Morgan fingerprint density at radius 1 is 1.33 bits per heavy atom. The number of fused-ring (bicyclic) bond motifs is 1. The number of hydrogen-bond donors (Lipinski definition) is 1. The molecule has 1 heterocycles. The summed E-state index contributed by atoms with van der Waals surface area (Å²) in [6.45, 7) is 7.55. The van der Waals surface area contributed by atoms with Gasteiger partial charge in [-0.25, -0.2) is 0 Å². The number of nitrogens with one attached hydrogen (secondary N) is 1. The Labute approximate surface area is 110 Å². The van der Waals surface area contributed by atoms with Gasteiger partial charge in [-0.3, -0.25) is 0 Å². The van der Waals surface area contributed by atoms with Crippen LogP contribution in [0.25, 0.3) is 0 Å². The third-order valence-electron chi connectivity index (χ3n) is 3.82. The zero-order valence-electron chi connectivity index (χ0n) is 11.6. The van der Waals surface area contributed by atoms with Gasteiger partial charge in [-0.1, -0.05) is 19.1 Å². The first-order valence-electron chi connectivity index (χ1n) is 6.87. The van der Waals surface area contributed by atoms with E-state index >= 15 is 0 Å². The quantitative estimate of drug-likeness (QED) is 0.886. The lowest BCUT2D eigenvalue weighted by atomic mass is 10.0. The summed E-state index contributed by atoms with van der Waals surface area (Å²) in [5.74, 6) is 1.64. The van der Waals surface area contributed by atoms with Crippen LogP contribution in [0.1, 0.15) is 20.3 Å². The first-order valence-corrected chi connectivity index (χ1v) is 6.87. The molecule has 2 atom stereocenters. The number of ether oxygens (including phenoxy) is 1. The van der Waals surface area contributed by atoms with Crippen LogP contribution in [0, 0.1) is 5.92 Å². The molecule has 1 aromatic carbocycles. The molecule has 0 saturated heterocycles. The van der Waals surface area contributed by atoms with E-state index in [4.69, 9.17) is 4.74 Å². The van der Waals surface area contributed by atoms with Crippen molar-refractivity contribution in [3.8, 4) is 5.75 Å². The Balaban J connectivity index is 2.21. The average Bonchev–Trinajstić information content (AvgIpc) is 2.60. The van der Waals surface area contributed by atoms with Crippen molar-refractivity contribution in [1.82, 2.24) is 5.32 Å². The van der Waals surface area contributed by atoms with Crippen LogP contribution in [0.2, 0.25) is 0 Å². The maximum atomic E-state index is 5.81. The molecule has 0 fully saturated rings. The Morgan fingerprint density at radius 3 is 2.89 bits per heavy atom. The van der Waals surface area contributed by atoms with Crippen molar-refractivity contribution >= 4 is 5.69 Å². The molecule has 1 aliphatic heterocycles. The number of benzene rings is 1. The molecule has 100 valence electrons. The second kappa shape index (κ2) is 6.10. The molecule has 2 unspecified atom stereocenters. The maximum absolute atomic E-state index is 5.81. The number of para-hydroxylation sites is 2. The van der Waals surface area contributed by atoms with Crippen LogP contribution >= 0.6 is 0 Å². The van der Waals surface area contributed by atoms with Gasteiger partial charge in [0.1, 0.15) is 5.75 Å². The molecule has 0 bridgehead atoms. The monoisotopic (exact) mass is 248 g/mol. The summed E-state index contributed by atoms with van der Waals surface area (Å²) in [4.78, 5) is 2.49. The summed E-state index contributed by atoms with van der Waals surface area (Å²) in [5.41, 5.74) is 1.24. The van der Waals surface area contributed by atoms with Crippen molar-refractivity contribution in [1.29, 1.82) is 0 Å². The van der Waals surface area contributed by atoms with E-state index in [2.05, 4.69) is 42.3 Å². The average molecular weight is 248 g/mol. The van der Waals surface area contributed by atoms with Crippen LogP contribution in [0.15, 0.2) is 24.3 Å². The van der Waals surface area contributed by atoms with Crippen LogP contribution in [0.5, 0.6) is 5.75 Å². The van der Waals surface area contributed by atoms with Crippen LogP contribution < -0.4 is 15.0 Å². The van der Waals surface area contributed by atoms with Gasteiger partial charge in [0.15, 0.2) is 0 Å². The minimum absolute atomic E-state index is 0.514. The molecule has 3 heteroatoms. The Hall–Kier alpha value is -1.22. The first kappa shape index (κ1) is 13.2. The highest BCUT2D eigenvalue weighted by Crippen LogP contribution is 2.33. The molecular formula is C15H24N2O. The van der Waals surface area contributed by atoms with E-state index in [9.17, 15) is 0 Å². The van der Waals surface area contributed by atoms with Crippen LogP contribution in [0.3, 0.4) is 0 Å². The number of hydrogen-bond acceptors (Lipinski definition) is 3. The predicted octanol–water partition coefficient (Wildman–Crippen LogP) is 2.52. The van der Waals surface area contributed by atoms with Gasteiger partial charge in [0.25, 0.3) is 0 Å². The van der Waals surface area contributed by atoms with Gasteiger partial charge >= 0.3 is 0 Å². The zero-order valence-corrected chi connectivity index (χ0v) is 11.6. The van der Waals surface area contributed by atoms with E-state index < -0.39 is 0 Å². The lowest BCUT2D eigenvalue weighted by Gasteiger charge is -2.34. The van der Waals surface area contributed by atoms with Gasteiger partial charge in [-0.15, -0.1) is 0 Å². The topological polar surface area (TPSA) is 24.5 Å². The van der Waals surface area contributed by atoms with E-state index in [0.29, 0.717) is 12.0 Å². The summed E-state index contributed by atoms with van der Waals surface area (Å²) in [6.07, 6.45) is 1.09. The predicted molar refractivity (Wildman–Crippen MR) is 76.5 cm³/mol. The molecule has 1 aromatic rings. The van der Waals surface area contributed by atoms with Gasteiger partial charge in [0, 0.05) is 12.6 Å². The highest BCUT2D eigenvalue weighted by Gasteiger charge is 2.24. The second-order valence-corrected chi connectivity index (χ2v) is 5.14. The van der Waals surface area contributed by atoms with E-state index in [1.54, 1.807) is 0 Å². The van der Waals surface area contributed by atoms with E-state index in [1.165, 1.54) is 5.69 Å². The summed E-state index contributed by atoms with van der Waals surface area (Å²) in [5, 5.41) is 3.27. The zero-order chi connectivity index (χ0) is 13.0. The van der Waals surface area contributed by atoms with E-state index in [1.807, 2.05) is 13.1 Å². The van der Waals surface area contributed by atoms with Crippen molar-refractivity contribution in [2.75, 3.05) is 31.6 Å². The SMILES string of the molecule is CNCC(C)C(C)N1CCCOc2ccccc21. The molecule has 0 spiro atoms. The normalized spacial score (nSPS) is 18.5. The number of nitrogens with zero attached hydrogens (tertiary/aromatic N) is 1. The second-order valence-electron chi connectivity index (χ2n) is 5.14. The lowest BCUT2D eigenvalue weighted by Crippen LogP contribution is -2.41. The molecule has 0 aromatic heterocycles. The Bertz CT molecular complexity index is 381. The first-order chi connectivity index (χ1) is 8.74. The fraction of sp³-hybridized carbons (Fsp3) is 0.600. The van der Waals surface area contributed by atoms with Crippen molar-refractivity contribution in [2.24, 2.45) is 5.92 Å². The van der Waals surface area contributed by atoms with Crippen LogP contribution in [-0.4, -0.2) is 32.8 Å². The summed E-state index contributed by atoms with van der Waals surface area (Å²) in [6, 6.07) is 8.90. The maximum Gasteiger partial charge on any atom is 0.142 e. The van der Waals surface area contributed by atoms with Gasteiger partial charge < -0.3 is 15.0 Å². The molecule has 1 N–H and O–H groups in total. The van der Waals surface area contributed by atoms with E-state index in [-0.39, 0.29) is 0 Å². The summed E-state index contributed by atoms with van der Waals surface area (Å²) in [7, 11) is 2.02. The Morgan fingerprint density at radius 2 is 2.11 bits per heavy atom. The third-order valence-corrected chi connectivity index (χ3v) is 3.82. The fourth-order valence-electron chi connectivity index (χ4n) is 2.58. The summed E-state index contributed by atoms with van der Waals surface area (Å²) >= 11 is 0. The van der Waals surface area contributed by atoms with Crippen LogP contribution in [-0.2, 0) is 0 Å². The smallest absolute Gasteiger partial charge is 0.142 e. The molecule has 0 amide bonds. The van der Waals surface area contributed by atoms with Crippen molar-refractivity contribution in [3.63, 3.8) is 0 Å². The highest BCUT2D eigenvalue weighted by molar-refractivity contribution is 5.59. The third kappa shape index (κ3) is 2.78. The summed E-state index contributed by atoms with van der Waals surface area (Å²) < 4.78 is 5.81. The number of anilines is 1. The van der Waals surface area contributed by atoms with Crippen molar-refractivity contribution < 1.29 is 4.74 Å². The molecule has 0 saturated carbocycles. The fourth-order valence-corrected chi connectivity index (χ4v) is 2.58. The molecule has 1 aliphatic rings. The highest BCUT2D eigenvalue weighted by atomic mass is 16.5. The molecule has 3 nitrogen and oxygen atoms in total. The van der Waals surface area contributed by atoms with E-state index in [0.717, 1.165) is 31.9 Å². The van der Waals surface area contributed by atoms with Gasteiger partial charge in [-0.05, 0) is 45.0 Å².